The summed E-state index contributed by atoms with van der Waals surface area (Å²) in [4.78, 5) is 24.8. The number of carbonyl (C=O) groups is 2. The lowest BCUT2D eigenvalue weighted by Crippen LogP contribution is -2.29. The van der Waals surface area contributed by atoms with Gasteiger partial charge < -0.3 is 0 Å². The van der Waals surface area contributed by atoms with Gasteiger partial charge in [-0.15, -0.1) is 28.0 Å². The Morgan fingerprint density at radius 1 is 1.08 bits per heavy atom. The minimum Gasteiger partial charge on any atom is -0.273 e. The van der Waals surface area contributed by atoms with Gasteiger partial charge in [0.25, 0.3) is 5.91 Å². The van der Waals surface area contributed by atoms with Crippen molar-refractivity contribution in [1.29, 1.82) is 0 Å². The Bertz CT molecular complexity index is 995. The first-order valence-corrected chi connectivity index (χ1v) is 9.34. The molecule has 1 amide bonds. The zero-order chi connectivity index (χ0) is 18.5. The van der Waals surface area contributed by atoms with Crippen LogP contribution >= 0.6 is 34.5 Å². The smallest absolute Gasteiger partial charge is 0.271 e. The maximum absolute atomic E-state index is 12.3. The molecule has 0 aliphatic carbocycles. The molecule has 0 fully saturated rings. The summed E-state index contributed by atoms with van der Waals surface area (Å²) in [6, 6.07) is 15.8. The molecule has 1 heterocycles. The third kappa shape index (κ3) is 4.04. The molecule has 0 aliphatic rings. The van der Waals surface area contributed by atoms with Crippen molar-refractivity contribution in [3.05, 3.63) is 75.4 Å². The molecule has 0 spiro atoms. The van der Waals surface area contributed by atoms with Crippen molar-refractivity contribution in [2.24, 2.45) is 5.10 Å². The minimum absolute atomic E-state index is 0.211. The highest BCUT2D eigenvalue weighted by atomic mass is 35.5. The zero-order valence-electron chi connectivity index (χ0n) is 13.4. The molecule has 1 aromatic heterocycles. The fourth-order valence-electron chi connectivity index (χ4n) is 2.26. The molecule has 0 saturated heterocycles. The van der Waals surface area contributed by atoms with Crippen LogP contribution in [0.15, 0.2) is 65.1 Å². The van der Waals surface area contributed by atoms with Crippen molar-refractivity contribution in [1.82, 2.24) is 9.99 Å². The van der Waals surface area contributed by atoms with Crippen molar-refractivity contribution in [2.45, 2.75) is 0 Å². The molecule has 132 valence electrons. The van der Waals surface area contributed by atoms with Crippen LogP contribution in [-0.2, 0) is 0 Å². The third-order valence-electron chi connectivity index (χ3n) is 3.50. The van der Waals surface area contributed by atoms with E-state index >= 15 is 0 Å². The van der Waals surface area contributed by atoms with Crippen molar-refractivity contribution >= 4 is 46.4 Å². The molecule has 1 N–H and O–H groups in total. The van der Waals surface area contributed by atoms with Gasteiger partial charge in [0.2, 0.25) is 10.7 Å². The lowest BCUT2D eigenvalue weighted by molar-refractivity contribution is 0.0926. The Balaban J connectivity index is 1.98. The largest absolute Gasteiger partial charge is 0.273 e. The number of halogens is 2. The highest BCUT2D eigenvalue weighted by Gasteiger charge is 2.14. The van der Waals surface area contributed by atoms with Crippen molar-refractivity contribution in [3.8, 4) is 11.3 Å². The number of carbonyl (C=O) groups excluding carboxylic acids is 2. The average molecular weight is 406 g/mol. The maximum Gasteiger partial charge on any atom is 0.271 e. The average Bonchev–Trinajstić information content (AvgIpc) is 3.10. The lowest BCUT2D eigenvalue weighted by Gasteiger charge is -2.06. The molecule has 0 aliphatic heterocycles. The molecular weight excluding hydrogens is 393 g/mol. The predicted molar refractivity (Wildman–Crippen MR) is 104 cm³/mol. The number of alkyl halides is 1. The Kier molecular flexibility index (Phi) is 5.88. The molecule has 5 nitrogen and oxygen atoms in total. The molecule has 0 bridgehead atoms. The Morgan fingerprint density at radius 3 is 2.42 bits per heavy atom. The summed E-state index contributed by atoms with van der Waals surface area (Å²) in [6.45, 7) is 0. The van der Waals surface area contributed by atoms with Gasteiger partial charge in [0.15, 0.2) is 0 Å². The van der Waals surface area contributed by atoms with E-state index in [1.165, 1.54) is 15.9 Å². The number of hydrogen-bond acceptors (Lipinski definition) is 4. The van der Waals surface area contributed by atoms with Gasteiger partial charge in [-0.25, -0.2) is 5.43 Å². The van der Waals surface area contributed by atoms with E-state index in [4.69, 9.17) is 23.2 Å². The van der Waals surface area contributed by atoms with E-state index in [0.29, 0.717) is 21.1 Å². The molecule has 0 atom stereocenters. The molecule has 8 heteroatoms. The number of benzene rings is 2. The van der Waals surface area contributed by atoms with Crippen LogP contribution in [0.5, 0.6) is 0 Å². The summed E-state index contributed by atoms with van der Waals surface area (Å²) >= 11 is 12.9. The first-order chi connectivity index (χ1) is 12.6. The standard InChI is InChI=1S/C18H13Cl2N3O2S/c19-10-16(24)23-15(12-6-8-14(20)9-7-12)11-26-18(23)22-21-17(25)13-4-2-1-3-5-13/h1-9,11H,10H2,(H,21,25)/b22-18+. The van der Waals surface area contributed by atoms with Crippen LogP contribution in [0.1, 0.15) is 15.2 Å². The second kappa shape index (κ2) is 8.31. The Hall–Kier alpha value is -2.41. The van der Waals surface area contributed by atoms with Crippen molar-refractivity contribution in [2.75, 3.05) is 5.88 Å². The van der Waals surface area contributed by atoms with E-state index in [0.717, 1.165) is 5.56 Å². The monoisotopic (exact) mass is 405 g/mol. The van der Waals surface area contributed by atoms with E-state index in [2.05, 4.69) is 10.5 Å². The molecule has 3 rings (SSSR count). The summed E-state index contributed by atoms with van der Waals surface area (Å²) < 4.78 is 1.38. The van der Waals surface area contributed by atoms with Gasteiger partial charge in [0, 0.05) is 16.0 Å². The first kappa shape index (κ1) is 18.4. The first-order valence-electron chi connectivity index (χ1n) is 7.55. The number of amides is 1. The molecule has 0 unspecified atom stereocenters. The summed E-state index contributed by atoms with van der Waals surface area (Å²) in [5.74, 6) is -0.917. The quantitative estimate of drug-likeness (QED) is 0.526. The number of thiazole rings is 1. The number of nitrogens with one attached hydrogen (secondary N) is 1. The van der Waals surface area contributed by atoms with Crippen LogP contribution < -0.4 is 10.2 Å². The summed E-state index contributed by atoms with van der Waals surface area (Å²) in [6.07, 6.45) is 0. The summed E-state index contributed by atoms with van der Waals surface area (Å²) in [7, 11) is 0. The lowest BCUT2D eigenvalue weighted by atomic mass is 10.2. The third-order valence-corrected chi connectivity index (χ3v) is 4.81. The molecule has 3 aromatic rings. The van der Waals surface area contributed by atoms with E-state index in [9.17, 15) is 9.59 Å². The van der Waals surface area contributed by atoms with Gasteiger partial charge in [-0.3, -0.25) is 14.2 Å². The highest BCUT2D eigenvalue weighted by Crippen LogP contribution is 2.22. The topological polar surface area (TPSA) is 63.5 Å². The second-order valence-corrected chi connectivity index (χ2v) is 6.73. The normalized spacial score (nSPS) is 11.4. The molecule has 2 aromatic carbocycles. The van der Waals surface area contributed by atoms with Gasteiger partial charge in [-0.1, -0.05) is 41.9 Å². The van der Waals surface area contributed by atoms with Crippen LogP contribution in [0.25, 0.3) is 11.3 Å². The van der Waals surface area contributed by atoms with Crippen LogP contribution in [0.3, 0.4) is 0 Å². The van der Waals surface area contributed by atoms with Crippen LogP contribution in [0.2, 0.25) is 5.02 Å². The summed E-state index contributed by atoms with van der Waals surface area (Å²) in [5.41, 5.74) is 4.36. The Morgan fingerprint density at radius 2 is 1.77 bits per heavy atom. The van der Waals surface area contributed by atoms with Gasteiger partial charge in [0.05, 0.1) is 5.69 Å². The SMILES string of the molecule is O=C(N/N=c1/scc(-c2ccc(Cl)cc2)n1C(=O)CCl)c1ccccc1. The second-order valence-electron chi connectivity index (χ2n) is 5.19. The van der Waals surface area contributed by atoms with E-state index < -0.39 is 0 Å². The van der Waals surface area contributed by atoms with Gasteiger partial charge in [0.1, 0.15) is 5.88 Å². The van der Waals surface area contributed by atoms with Crippen LogP contribution in [-0.4, -0.2) is 22.3 Å². The molecule has 0 radical (unpaired) electrons. The van der Waals surface area contributed by atoms with Gasteiger partial charge in [-0.05, 0) is 29.8 Å². The highest BCUT2D eigenvalue weighted by molar-refractivity contribution is 7.07. The van der Waals surface area contributed by atoms with Crippen LogP contribution in [0, 0.1) is 0 Å². The van der Waals surface area contributed by atoms with Crippen LogP contribution in [0.4, 0.5) is 0 Å². The number of aromatic nitrogens is 1. The molecule has 0 saturated carbocycles. The van der Waals surface area contributed by atoms with Gasteiger partial charge in [-0.2, -0.15) is 0 Å². The van der Waals surface area contributed by atoms with Crippen molar-refractivity contribution < 1.29 is 9.59 Å². The number of nitrogens with zero attached hydrogens (tertiary/aromatic N) is 2. The number of rotatable bonds is 4. The molecular formula is C18H13Cl2N3O2S. The summed E-state index contributed by atoms with van der Waals surface area (Å²) in [5, 5.41) is 6.47. The molecule has 26 heavy (non-hydrogen) atoms. The maximum atomic E-state index is 12.3. The minimum atomic E-state index is -0.364. The van der Waals surface area contributed by atoms with E-state index in [-0.39, 0.29) is 17.7 Å². The van der Waals surface area contributed by atoms with Crippen molar-refractivity contribution in [3.63, 3.8) is 0 Å². The number of hydrogen-bond donors (Lipinski definition) is 1. The van der Waals surface area contributed by atoms with E-state index in [1.807, 2.05) is 6.07 Å². The van der Waals surface area contributed by atoms with E-state index in [1.54, 1.807) is 53.9 Å². The fraction of sp³-hybridized carbons (Fsp3) is 0.0556. The zero-order valence-corrected chi connectivity index (χ0v) is 15.7. The van der Waals surface area contributed by atoms with Gasteiger partial charge >= 0.3 is 0 Å². The Labute approximate surface area is 163 Å². The predicted octanol–water partition coefficient (Wildman–Crippen LogP) is 3.99. The fourth-order valence-corrected chi connectivity index (χ4v) is 3.37.